The van der Waals surface area contributed by atoms with Gasteiger partial charge in [-0.1, -0.05) is 23.9 Å². The van der Waals surface area contributed by atoms with Crippen LogP contribution in [0.5, 0.6) is 0 Å². The van der Waals surface area contributed by atoms with Gasteiger partial charge in [-0.3, -0.25) is 9.59 Å². The minimum atomic E-state index is -1.04. The van der Waals surface area contributed by atoms with Crippen molar-refractivity contribution in [1.29, 1.82) is 0 Å². The Morgan fingerprint density at radius 2 is 1.96 bits per heavy atom. The molecule has 0 fully saturated rings. The van der Waals surface area contributed by atoms with Crippen LogP contribution in [0, 0.1) is 11.6 Å². The van der Waals surface area contributed by atoms with Crippen molar-refractivity contribution >= 4 is 34.3 Å². The van der Waals surface area contributed by atoms with Crippen molar-refractivity contribution in [3.8, 4) is 0 Å². The van der Waals surface area contributed by atoms with Crippen molar-refractivity contribution in [2.75, 3.05) is 5.32 Å². The van der Waals surface area contributed by atoms with E-state index in [4.69, 9.17) is 0 Å². The molecule has 0 radical (unpaired) electrons. The van der Waals surface area contributed by atoms with Crippen LogP contribution in [-0.2, 0) is 4.79 Å². The maximum atomic E-state index is 13.2. The fourth-order valence-corrected chi connectivity index (χ4v) is 2.96. The Morgan fingerprint density at radius 3 is 2.72 bits per heavy atom. The molecular formula is C17H13F2N3O2S. The molecule has 25 heavy (non-hydrogen) atoms. The molecule has 0 aliphatic rings. The Hall–Kier alpha value is -2.74. The minimum Gasteiger partial charge on any atom is -0.325 e. The molecule has 0 saturated carbocycles. The number of amides is 1. The van der Waals surface area contributed by atoms with Crippen LogP contribution < -0.4 is 10.9 Å². The third-order valence-corrected chi connectivity index (χ3v) is 4.42. The van der Waals surface area contributed by atoms with Gasteiger partial charge in [-0.25, -0.2) is 13.8 Å². The van der Waals surface area contributed by atoms with Crippen molar-refractivity contribution in [3.05, 3.63) is 64.5 Å². The number of benzene rings is 2. The molecular weight excluding hydrogens is 348 g/mol. The zero-order chi connectivity index (χ0) is 18.0. The Bertz CT molecular complexity index is 1010. The highest BCUT2D eigenvalue weighted by Crippen LogP contribution is 2.22. The lowest BCUT2D eigenvalue weighted by atomic mass is 10.2. The van der Waals surface area contributed by atoms with Gasteiger partial charge < -0.3 is 10.3 Å². The van der Waals surface area contributed by atoms with Gasteiger partial charge in [-0.15, -0.1) is 0 Å². The van der Waals surface area contributed by atoms with E-state index in [2.05, 4.69) is 15.3 Å². The molecule has 3 aromatic rings. The van der Waals surface area contributed by atoms with E-state index in [-0.39, 0.29) is 11.2 Å². The average Bonchev–Trinajstić information content (AvgIpc) is 2.58. The molecule has 5 nitrogen and oxygen atoms in total. The maximum Gasteiger partial charge on any atom is 0.259 e. The largest absolute Gasteiger partial charge is 0.325 e. The standard InChI is InChI=1S/C17H13F2N3O2S/c1-9(15(23)20-10-6-7-12(18)13(19)8-10)25-17-21-14-5-3-2-4-11(14)16(24)22-17/h2-9H,1H3,(H,20,23)(H,21,22,24). The number of thioether (sulfide) groups is 1. The number of para-hydroxylation sites is 1. The highest BCUT2D eigenvalue weighted by molar-refractivity contribution is 8.00. The number of rotatable bonds is 4. The Kier molecular flexibility index (Phi) is 4.80. The van der Waals surface area contributed by atoms with Crippen LogP contribution in [0.1, 0.15) is 6.92 Å². The van der Waals surface area contributed by atoms with Gasteiger partial charge in [0.2, 0.25) is 5.91 Å². The van der Waals surface area contributed by atoms with Crippen LogP contribution in [0.25, 0.3) is 10.9 Å². The van der Waals surface area contributed by atoms with E-state index in [1.165, 1.54) is 6.07 Å². The first kappa shape index (κ1) is 17.1. The lowest BCUT2D eigenvalue weighted by molar-refractivity contribution is -0.115. The first-order chi connectivity index (χ1) is 11.9. The fraction of sp³-hybridized carbons (Fsp3) is 0.118. The van der Waals surface area contributed by atoms with Gasteiger partial charge in [0, 0.05) is 11.8 Å². The van der Waals surface area contributed by atoms with Crippen LogP contribution in [-0.4, -0.2) is 21.1 Å². The van der Waals surface area contributed by atoms with E-state index in [1.807, 2.05) is 0 Å². The first-order valence-electron chi connectivity index (χ1n) is 7.35. The van der Waals surface area contributed by atoms with Gasteiger partial charge in [-0.05, 0) is 31.2 Å². The smallest absolute Gasteiger partial charge is 0.259 e. The third-order valence-electron chi connectivity index (χ3n) is 3.44. The summed E-state index contributed by atoms with van der Waals surface area (Å²) in [5.41, 5.74) is 0.389. The number of carbonyl (C=O) groups excluding carboxylic acids is 1. The van der Waals surface area contributed by atoms with Crippen LogP contribution in [0.3, 0.4) is 0 Å². The summed E-state index contributed by atoms with van der Waals surface area (Å²) in [6.45, 7) is 1.62. The monoisotopic (exact) mass is 361 g/mol. The van der Waals surface area contributed by atoms with E-state index in [0.717, 1.165) is 23.9 Å². The van der Waals surface area contributed by atoms with Gasteiger partial charge in [0.25, 0.3) is 5.56 Å². The average molecular weight is 361 g/mol. The SMILES string of the molecule is CC(Sc1nc2ccccc2c(=O)[nH]1)C(=O)Nc1ccc(F)c(F)c1. The molecule has 8 heteroatoms. The number of nitrogens with zero attached hydrogens (tertiary/aromatic N) is 1. The number of fused-ring (bicyclic) bond motifs is 1. The summed E-state index contributed by atoms with van der Waals surface area (Å²) in [4.78, 5) is 31.2. The third kappa shape index (κ3) is 3.85. The number of nitrogens with one attached hydrogen (secondary N) is 2. The summed E-state index contributed by atoms with van der Waals surface area (Å²) in [6, 6.07) is 9.98. The van der Waals surface area contributed by atoms with Gasteiger partial charge in [0.1, 0.15) is 0 Å². The number of H-pyrrole nitrogens is 1. The molecule has 0 saturated heterocycles. The molecule has 1 aromatic heterocycles. The second-order valence-electron chi connectivity index (χ2n) is 5.27. The molecule has 1 heterocycles. The van der Waals surface area contributed by atoms with E-state index < -0.39 is 22.8 Å². The van der Waals surface area contributed by atoms with E-state index >= 15 is 0 Å². The van der Waals surface area contributed by atoms with E-state index in [1.54, 1.807) is 31.2 Å². The highest BCUT2D eigenvalue weighted by Gasteiger charge is 2.17. The van der Waals surface area contributed by atoms with Crippen LogP contribution in [0.2, 0.25) is 0 Å². The van der Waals surface area contributed by atoms with Crippen molar-refractivity contribution in [3.63, 3.8) is 0 Å². The first-order valence-corrected chi connectivity index (χ1v) is 8.23. The molecule has 128 valence electrons. The quantitative estimate of drug-likeness (QED) is 0.552. The minimum absolute atomic E-state index is 0.149. The lowest BCUT2D eigenvalue weighted by Gasteiger charge is -2.12. The van der Waals surface area contributed by atoms with Crippen molar-refractivity contribution in [2.24, 2.45) is 0 Å². The molecule has 2 N–H and O–H groups in total. The summed E-state index contributed by atoms with van der Waals surface area (Å²) in [6.07, 6.45) is 0. The molecule has 0 aliphatic heterocycles. The van der Waals surface area contributed by atoms with Gasteiger partial charge in [0.05, 0.1) is 16.2 Å². The van der Waals surface area contributed by atoms with Crippen molar-refractivity contribution < 1.29 is 13.6 Å². The second kappa shape index (κ2) is 7.02. The van der Waals surface area contributed by atoms with Gasteiger partial charge in [-0.2, -0.15) is 0 Å². The number of carbonyl (C=O) groups is 1. The summed E-state index contributed by atoms with van der Waals surface area (Å²) < 4.78 is 26.1. The van der Waals surface area contributed by atoms with E-state index in [9.17, 15) is 18.4 Å². The number of aromatic amines is 1. The zero-order valence-corrected chi connectivity index (χ0v) is 13.9. The summed E-state index contributed by atoms with van der Waals surface area (Å²) in [5, 5.41) is 2.65. The molecule has 0 spiro atoms. The predicted octanol–water partition coefficient (Wildman–Crippen LogP) is 3.32. The molecule has 1 amide bonds. The van der Waals surface area contributed by atoms with Crippen LogP contribution in [0.4, 0.5) is 14.5 Å². The summed E-state index contributed by atoms with van der Waals surface area (Å²) in [7, 11) is 0. The Morgan fingerprint density at radius 1 is 1.20 bits per heavy atom. The summed E-state index contributed by atoms with van der Waals surface area (Å²) >= 11 is 1.06. The lowest BCUT2D eigenvalue weighted by Crippen LogP contribution is -2.23. The topological polar surface area (TPSA) is 74.8 Å². The molecule has 3 rings (SSSR count). The maximum absolute atomic E-state index is 13.2. The molecule has 0 bridgehead atoms. The number of aromatic nitrogens is 2. The molecule has 1 unspecified atom stereocenters. The fourth-order valence-electron chi connectivity index (χ4n) is 2.16. The predicted molar refractivity (Wildman–Crippen MR) is 92.7 cm³/mol. The van der Waals surface area contributed by atoms with E-state index in [0.29, 0.717) is 16.1 Å². The number of hydrogen-bond donors (Lipinski definition) is 2. The second-order valence-corrected chi connectivity index (χ2v) is 6.60. The number of hydrogen-bond acceptors (Lipinski definition) is 4. The Labute approximate surface area is 145 Å². The van der Waals surface area contributed by atoms with Gasteiger partial charge in [0.15, 0.2) is 16.8 Å². The number of anilines is 1. The van der Waals surface area contributed by atoms with Crippen molar-refractivity contribution in [2.45, 2.75) is 17.3 Å². The summed E-state index contributed by atoms with van der Waals surface area (Å²) in [5.74, 6) is -2.45. The molecule has 1 atom stereocenters. The zero-order valence-electron chi connectivity index (χ0n) is 13.0. The van der Waals surface area contributed by atoms with Crippen LogP contribution in [0.15, 0.2) is 52.4 Å². The normalized spacial score (nSPS) is 12.1. The van der Waals surface area contributed by atoms with Gasteiger partial charge >= 0.3 is 0 Å². The molecule has 2 aromatic carbocycles. The van der Waals surface area contributed by atoms with Crippen molar-refractivity contribution in [1.82, 2.24) is 9.97 Å². The highest BCUT2D eigenvalue weighted by atomic mass is 32.2. The number of halogens is 2. The molecule has 0 aliphatic carbocycles. The Balaban J connectivity index is 1.75. The van der Waals surface area contributed by atoms with Crippen LogP contribution >= 0.6 is 11.8 Å².